The standard InChI is InChI=1S/C12H21N3O/c1-5-6-10(4)14-12-13-8-7-11(15-12)16-9(2)3/h7-10H,5-6H2,1-4H3,(H,13,14,15). The molecule has 1 rings (SSSR count). The van der Waals surface area contributed by atoms with Crippen LogP contribution in [0.5, 0.6) is 5.88 Å². The molecule has 0 aliphatic rings. The van der Waals surface area contributed by atoms with E-state index in [1.54, 1.807) is 12.3 Å². The maximum Gasteiger partial charge on any atom is 0.226 e. The van der Waals surface area contributed by atoms with Gasteiger partial charge in [-0.05, 0) is 27.2 Å². The number of aromatic nitrogens is 2. The van der Waals surface area contributed by atoms with E-state index in [0.29, 0.717) is 17.9 Å². The summed E-state index contributed by atoms with van der Waals surface area (Å²) < 4.78 is 5.51. The molecule has 0 fully saturated rings. The van der Waals surface area contributed by atoms with Crippen molar-refractivity contribution >= 4 is 5.95 Å². The van der Waals surface area contributed by atoms with E-state index < -0.39 is 0 Å². The molecule has 1 N–H and O–H groups in total. The Balaban J connectivity index is 2.59. The highest BCUT2D eigenvalue weighted by molar-refractivity contribution is 5.28. The van der Waals surface area contributed by atoms with Crippen LogP contribution in [-0.2, 0) is 0 Å². The van der Waals surface area contributed by atoms with E-state index in [0.717, 1.165) is 12.8 Å². The monoisotopic (exact) mass is 223 g/mol. The molecule has 16 heavy (non-hydrogen) atoms. The summed E-state index contributed by atoms with van der Waals surface area (Å²) in [6.45, 7) is 8.25. The molecule has 4 nitrogen and oxygen atoms in total. The largest absolute Gasteiger partial charge is 0.475 e. The summed E-state index contributed by atoms with van der Waals surface area (Å²) in [6, 6.07) is 2.16. The number of rotatable bonds is 6. The molecule has 1 heterocycles. The van der Waals surface area contributed by atoms with E-state index >= 15 is 0 Å². The average Bonchev–Trinajstić information content (AvgIpc) is 2.17. The minimum Gasteiger partial charge on any atom is -0.475 e. The number of nitrogens with zero attached hydrogens (tertiary/aromatic N) is 2. The maximum atomic E-state index is 5.51. The highest BCUT2D eigenvalue weighted by Gasteiger charge is 2.05. The quantitative estimate of drug-likeness (QED) is 0.805. The van der Waals surface area contributed by atoms with Crippen molar-refractivity contribution in [1.82, 2.24) is 9.97 Å². The molecule has 0 saturated heterocycles. The van der Waals surface area contributed by atoms with Gasteiger partial charge in [0.05, 0.1) is 6.10 Å². The lowest BCUT2D eigenvalue weighted by Crippen LogP contribution is -2.17. The van der Waals surface area contributed by atoms with Crippen molar-refractivity contribution in [2.45, 2.75) is 52.7 Å². The zero-order valence-corrected chi connectivity index (χ0v) is 10.5. The van der Waals surface area contributed by atoms with Gasteiger partial charge in [0.25, 0.3) is 0 Å². The lowest BCUT2D eigenvalue weighted by molar-refractivity contribution is 0.232. The van der Waals surface area contributed by atoms with Crippen LogP contribution >= 0.6 is 0 Å². The van der Waals surface area contributed by atoms with Crippen molar-refractivity contribution in [3.05, 3.63) is 12.3 Å². The Morgan fingerprint density at radius 3 is 2.75 bits per heavy atom. The van der Waals surface area contributed by atoms with Crippen LogP contribution in [0.3, 0.4) is 0 Å². The first-order chi connectivity index (χ1) is 7.61. The van der Waals surface area contributed by atoms with E-state index in [4.69, 9.17) is 4.74 Å². The van der Waals surface area contributed by atoms with Gasteiger partial charge in [0.1, 0.15) is 0 Å². The molecule has 90 valence electrons. The minimum absolute atomic E-state index is 0.135. The van der Waals surface area contributed by atoms with Crippen molar-refractivity contribution in [3.63, 3.8) is 0 Å². The summed E-state index contributed by atoms with van der Waals surface area (Å²) >= 11 is 0. The second-order valence-corrected chi connectivity index (χ2v) is 4.22. The van der Waals surface area contributed by atoms with Crippen molar-refractivity contribution in [1.29, 1.82) is 0 Å². The molecule has 1 atom stereocenters. The van der Waals surface area contributed by atoms with Crippen LogP contribution in [0.25, 0.3) is 0 Å². The predicted molar refractivity (Wildman–Crippen MR) is 65.8 cm³/mol. The molecular formula is C12H21N3O. The van der Waals surface area contributed by atoms with Gasteiger partial charge >= 0.3 is 0 Å². The number of hydrogen-bond donors (Lipinski definition) is 1. The Kier molecular flexibility index (Phi) is 5.02. The molecule has 0 aliphatic carbocycles. The molecule has 1 aromatic rings. The van der Waals surface area contributed by atoms with Gasteiger partial charge in [0, 0.05) is 18.3 Å². The van der Waals surface area contributed by atoms with E-state index in [9.17, 15) is 0 Å². The van der Waals surface area contributed by atoms with Gasteiger partial charge in [-0.3, -0.25) is 0 Å². The molecule has 1 aromatic heterocycles. The summed E-state index contributed by atoms with van der Waals surface area (Å²) in [7, 11) is 0. The molecular weight excluding hydrogens is 202 g/mol. The van der Waals surface area contributed by atoms with Gasteiger partial charge in [-0.15, -0.1) is 0 Å². The molecule has 0 amide bonds. The number of hydrogen-bond acceptors (Lipinski definition) is 4. The van der Waals surface area contributed by atoms with E-state index in [1.165, 1.54) is 0 Å². The van der Waals surface area contributed by atoms with Gasteiger partial charge in [0.2, 0.25) is 11.8 Å². The fourth-order valence-electron chi connectivity index (χ4n) is 1.44. The van der Waals surface area contributed by atoms with Gasteiger partial charge in [-0.25, -0.2) is 4.98 Å². The molecule has 0 radical (unpaired) electrons. The zero-order valence-electron chi connectivity index (χ0n) is 10.5. The lowest BCUT2D eigenvalue weighted by atomic mass is 10.2. The van der Waals surface area contributed by atoms with Crippen LogP contribution in [0.15, 0.2) is 12.3 Å². The predicted octanol–water partition coefficient (Wildman–Crippen LogP) is 2.86. The molecule has 0 aromatic carbocycles. The summed E-state index contributed by atoms with van der Waals surface area (Å²) in [5.41, 5.74) is 0. The molecule has 0 saturated carbocycles. The summed E-state index contributed by atoms with van der Waals surface area (Å²) in [5.74, 6) is 1.26. The normalized spacial score (nSPS) is 12.6. The summed E-state index contributed by atoms with van der Waals surface area (Å²) in [6.07, 6.45) is 4.11. The van der Waals surface area contributed by atoms with Crippen molar-refractivity contribution in [2.24, 2.45) is 0 Å². The van der Waals surface area contributed by atoms with Gasteiger partial charge in [-0.1, -0.05) is 13.3 Å². The van der Waals surface area contributed by atoms with Crippen LogP contribution in [0.4, 0.5) is 5.95 Å². The number of anilines is 1. The third-order valence-corrected chi connectivity index (χ3v) is 2.08. The van der Waals surface area contributed by atoms with Crippen LogP contribution in [-0.4, -0.2) is 22.1 Å². The first kappa shape index (κ1) is 12.7. The first-order valence-electron chi connectivity index (χ1n) is 5.88. The second kappa shape index (κ2) is 6.30. The Labute approximate surface area is 97.5 Å². The Morgan fingerprint density at radius 2 is 2.12 bits per heavy atom. The highest BCUT2D eigenvalue weighted by atomic mass is 16.5. The third kappa shape index (κ3) is 4.47. The molecule has 1 unspecified atom stereocenters. The molecule has 0 bridgehead atoms. The number of ether oxygens (including phenoxy) is 1. The summed E-state index contributed by atoms with van der Waals surface area (Å²) in [4.78, 5) is 8.46. The third-order valence-electron chi connectivity index (χ3n) is 2.08. The average molecular weight is 223 g/mol. The van der Waals surface area contributed by atoms with Gasteiger partial charge < -0.3 is 10.1 Å². The van der Waals surface area contributed by atoms with Crippen molar-refractivity contribution in [2.75, 3.05) is 5.32 Å². The minimum atomic E-state index is 0.135. The van der Waals surface area contributed by atoms with Crippen molar-refractivity contribution < 1.29 is 4.74 Å². The Bertz CT molecular complexity index is 315. The van der Waals surface area contributed by atoms with Crippen LogP contribution in [0.2, 0.25) is 0 Å². The Morgan fingerprint density at radius 1 is 1.38 bits per heavy atom. The van der Waals surface area contributed by atoms with Gasteiger partial charge in [0.15, 0.2) is 0 Å². The Hall–Kier alpha value is -1.32. The zero-order chi connectivity index (χ0) is 12.0. The molecule has 0 aliphatic heterocycles. The van der Waals surface area contributed by atoms with Gasteiger partial charge in [-0.2, -0.15) is 4.98 Å². The lowest BCUT2D eigenvalue weighted by Gasteiger charge is -2.14. The van der Waals surface area contributed by atoms with Crippen LogP contribution in [0, 0.1) is 0 Å². The fourth-order valence-corrected chi connectivity index (χ4v) is 1.44. The molecule has 0 spiro atoms. The molecule has 4 heteroatoms. The van der Waals surface area contributed by atoms with E-state index in [1.807, 2.05) is 13.8 Å². The van der Waals surface area contributed by atoms with E-state index in [2.05, 4.69) is 29.1 Å². The second-order valence-electron chi connectivity index (χ2n) is 4.22. The number of nitrogens with one attached hydrogen (secondary N) is 1. The topological polar surface area (TPSA) is 47.0 Å². The smallest absolute Gasteiger partial charge is 0.226 e. The van der Waals surface area contributed by atoms with Crippen LogP contribution in [0.1, 0.15) is 40.5 Å². The van der Waals surface area contributed by atoms with E-state index in [-0.39, 0.29) is 6.10 Å². The SMILES string of the molecule is CCCC(C)Nc1nccc(OC(C)C)n1. The fraction of sp³-hybridized carbons (Fsp3) is 0.667. The first-order valence-corrected chi connectivity index (χ1v) is 5.88. The summed E-state index contributed by atoms with van der Waals surface area (Å²) in [5, 5.41) is 3.25. The maximum absolute atomic E-state index is 5.51. The highest BCUT2D eigenvalue weighted by Crippen LogP contribution is 2.11. The van der Waals surface area contributed by atoms with Crippen LogP contribution < -0.4 is 10.1 Å². The van der Waals surface area contributed by atoms with Crippen molar-refractivity contribution in [3.8, 4) is 5.88 Å².